The summed E-state index contributed by atoms with van der Waals surface area (Å²) in [6.07, 6.45) is 5.19. The van der Waals surface area contributed by atoms with Crippen LogP contribution in [0.25, 0.3) is 6.08 Å². The molecule has 2 aliphatic rings. The highest BCUT2D eigenvalue weighted by molar-refractivity contribution is 5.91. The number of amides is 1. The molecule has 0 aliphatic carbocycles. The van der Waals surface area contributed by atoms with E-state index >= 15 is 0 Å². The number of carboxylic acids is 1. The molecule has 0 saturated carbocycles. The Bertz CT molecular complexity index is 684. The van der Waals surface area contributed by atoms with E-state index in [1.807, 2.05) is 41.3 Å². The Kier molecular flexibility index (Phi) is 7.23. The van der Waals surface area contributed by atoms with Crippen molar-refractivity contribution >= 4 is 18.0 Å². The third-order valence-electron chi connectivity index (χ3n) is 5.96. The van der Waals surface area contributed by atoms with Crippen molar-refractivity contribution in [1.29, 1.82) is 0 Å². The van der Waals surface area contributed by atoms with Gasteiger partial charge in [0.15, 0.2) is 0 Å². The molecule has 1 N–H and O–H groups in total. The van der Waals surface area contributed by atoms with Crippen molar-refractivity contribution in [2.24, 2.45) is 5.92 Å². The van der Waals surface area contributed by atoms with Crippen LogP contribution in [0.1, 0.15) is 24.8 Å². The predicted molar refractivity (Wildman–Crippen MR) is 110 cm³/mol. The number of likely N-dealkylation sites (tertiary alicyclic amines) is 1. The Balaban J connectivity index is 1.63. The van der Waals surface area contributed by atoms with Gasteiger partial charge in [-0.3, -0.25) is 14.5 Å². The van der Waals surface area contributed by atoms with E-state index in [0.29, 0.717) is 19.0 Å². The highest BCUT2D eigenvalue weighted by atomic mass is 16.4. The van der Waals surface area contributed by atoms with Gasteiger partial charge in [-0.1, -0.05) is 30.3 Å². The third kappa shape index (κ3) is 5.66. The Morgan fingerprint density at radius 2 is 1.82 bits per heavy atom. The van der Waals surface area contributed by atoms with Crippen LogP contribution in [-0.4, -0.2) is 84.0 Å². The first kappa shape index (κ1) is 20.6. The maximum Gasteiger partial charge on any atom is 0.303 e. The second-order valence-corrected chi connectivity index (χ2v) is 7.92. The van der Waals surface area contributed by atoms with Crippen LogP contribution in [0.2, 0.25) is 0 Å². The van der Waals surface area contributed by atoms with Gasteiger partial charge in [-0.2, -0.15) is 0 Å². The zero-order valence-electron chi connectivity index (χ0n) is 16.7. The van der Waals surface area contributed by atoms with Crippen molar-refractivity contribution in [3.8, 4) is 0 Å². The summed E-state index contributed by atoms with van der Waals surface area (Å²) in [6.45, 7) is 5.51. The average molecular weight is 386 g/mol. The molecule has 1 aromatic rings. The zero-order chi connectivity index (χ0) is 19.9. The van der Waals surface area contributed by atoms with E-state index in [9.17, 15) is 9.59 Å². The molecule has 6 nitrogen and oxygen atoms in total. The van der Waals surface area contributed by atoms with Gasteiger partial charge in [-0.15, -0.1) is 0 Å². The Hall–Kier alpha value is -2.18. The first-order valence-corrected chi connectivity index (χ1v) is 10.2. The van der Waals surface area contributed by atoms with Crippen molar-refractivity contribution in [2.75, 3.05) is 46.3 Å². The van der Waals surface area contributed by atoms with Crippen molar-refractivity contribution in [1.82, 2.24) is 14.7 Å². The fraction of sp³-hybridized carbons (Fsp3) is 0.545. The van der Waals surface area contributed by atoms with Gasteiger partial charge in [-0.25, -0.2) is 0 Å². The lowest BCUT2D eigenvalue weighted by Crippen LogP contribution is -2.56. The van der Waals surface area contributed by atoms with Crippen LogP contribution >= 0.6 is 0 Å². The summed E-state index contributed by atoms with van der Waals surface area (Å²) in [4.78, 5) is 30.5. The number of hydrogen-bond donors (Lipinski definition) is 1. The predicted octanol–water partition coefficient (Wildman–Crippen LogP) is 2.03. The van der Waals surface area contributed by atoms with E-state index in [1.54, 1.807) is 6.08 Å². The van der Waals surface area contributed by atoms with Crippen LogP contribution in [0.3, 0.4) is 0 Å². The standard InChI is InChI=1S/C22H31N3O3/c1-23-13-15-24(16-14-23)20-11-12-25(17-19(20)8-10-22(27)28)21(26)9-7-18-5-3-2-4-6-18/h2-7,9,19-20H,8,10-17H2,1H3,(H,27,28). The summed E-state index contributed by atoms with van der Waals surface area (Å²) in [5, 5.41) is 9.15. The van der Waals surface area contributed by atoms with E-state index < -0.39 is 5.97 Å². The summed E-state index contributed by atoms with van der Waals surface area (Å²) >= 11 is 0. The molecule has 0 spiro atoms. The minimum atomic E-state index is -0.760. The van der Waals surface area contributed by atoms with Crippen LogP contribution in [0.4, 0.5) is 0 Å². The Morgan fingerprint density at radius 3 is 2.50 bits per heavy atom. The molecular formula is C22H31N3O3. The number of rotatable bonds is 6. The topological polar surface area (TPSA) is 64.1 Å². The molecule has 28 heavy (non-hydrogen) atoms. The largest absolute Gasteiger partial charge is 0.481 e. The molecule has 152 valence electrons. The molecule has 1 amide bonds. The number of carbonyl (C=O) groups excluding carboxylic acids is 1. The summed E-state index contributed by atoms with van der Waals surface area (Å²) in [6, 6.07) is 10.2. The number of piperazine rings is 1. The van der Waals surface area contributed by atoms with Gasteiger partial charge in [0.05, 0.1) is 0 Å². The smallest absolute Gasteiger partial charge is 0.303 e. The molecule has 3 rings (SSSR count). The number of nitrogens with zero attached hydrogens (tertiary/aromatic N) is 3. The molecule has 2 aliphatic heterocycles. The molecule has 6 heteroatoms. The maximum atomic E-state index is 12.7. The van der Waals surface area contributed by atoms with Crippen molar-refractivity contribution in [3.05, 3.63) is 42.0 Å². The number of hydrogen-bond acceptors (Lipinski definition) is 4. The minimum absolute atomic E-state index is 0.0148. The molecule has 2 fully saturated rings. The van der Waals surface area contributed by atoms with Gasteiger partial charge in [0.25, 0.3) is 0 Å². The number of piperidine rings is 1. The van der Waals surface area contributed by atoms with Gasteiger partial charge >= 0.3 is 5.97 Å². The molecular weight excluding hydrogens is 354 g/mol. The van der Waals surface area contributed by atoms with Gasteiger partial charge in [0, 0.05) is 57.8 Å². The van der Waals surface area contributed by atoms with Crippen molar-refractivity contribution in [3.63, 3.8) is 0 Å². The molecule has 2 atom stereocenters. The van der Waals surface area contributed by atoms with E-state index in [0.717, 1.165) is 44.7 Å². The minimum Gasteiger partial charge on any atom is -0.481 e. The third-order valence-corrected chi connectivity index (χ3v) is 5.96. The van der Waals surface area contributed by atoms with Gasteiger partial charge in [0.1, 0.15) is 0 Å². The highest BCUT2D eigenvalue weighted by Crippen LogP contribution is 2.27. The number of likely N-dealkylation sites (N-methyl/N-ethyl adjacent to an activating group) is 1. The van der Waals surface area contributed by atoms with E-state index in [-0.39, 0.29) is 18.2 Å². The first-order valence-electron chi connectivity index (χ1n) is 10.2. The molecule has 0 bridgehead atoms. The molecule has 2 saturated heterocycles. The number of carboxylic acid groups (broad SMARTS) is 1. The molecule has 1 aromatic carbocycles. The van der Waals surface area contributed by atoms with E-state index in [2.05, 4.69) is 16.8 Å². The first-order chi connectivity index (χ1) is 13.5. The quantitative estimate of drug-likeness (QED) is 0.759. The lowest BCUT2D eigenvalue weighted by Gasteiger charge is -2.46. The van der Waals surface area contributed by atoms with Crippen molar-refractivity contribution < 1.29 is 14.7 Å². The van der Waals surface area contributed by atoms with Crippen LogP contribution in [-0.2, 0) is 9.59 Å². The Labute approximate surface area is 167 Å². The average Bonchev–Trinajstić information content (AvgIpc) is 2.71. The van der Waals surface area contributed by atoms with Gasteiger partial charge in [-0.05, 0) is 37.4 Å². The van der Waals surface area contributed by atoms with Crippen LogP contribution in [0, 0.1) is 5.92 Å². The monoisotopic (exact) mass is 385 g/mol. The number of carbonyl (C=O) groups is 2. The normalized spacial score (nSPS) is 24.5. The lowest BCUT2D eigenvalue weighted by atomic mass is 9.86. The van der Waals surface area contributed by atoms with E-state index in [1.165, 1.54) is 0 Å². The summed E-state index contributed by atoms with van der Waals surface area (Å²) < 4.78 is 0. The van der Waals surface area contributed by atoms with Crippen LogP contribution < -0.4 is 0 Å². The highest BCUT2D eigenvalue weighted by Gasteiger charge is 2.35. The lowest BCUT2D eigenvalue weighted by molar-refractivity contribution is -0.137. The number of benzene rings is 1. The summed E-state index contributed by atoms with van der Waals surface area (Å²) in [7, 11) is 2.14. The van der Waals surface area contributed by atoms with Gasteiger partial charge in [0.2, 0.25) is 5.91 Å². The molecule has 0 aromatic heterocycles. The Morgan fingerprint density at radius 1 is 1.11 bits per heavy atom. The maximum absolute atomic E-state index is 12.7. The van der Waals surface area contributed by atoms with Crippen LogP contribution in [0.15, 0.2) is 36.4 Å². The molecule has 2 heterocycles. The summed E-state index contributed by atoms with van der Waals surface area (Å²) in [5.41, 5.74) is 1.01. The second-order valence-electron chi connectivity index (χ2n) is 7.92. The van der Waals surface area contributed by atoms with Crippen LogP contribution in [0.5, 0.6) is 0 Å². The number of aliphatic carboxylic acids is 1. The molecule has 0 radical (unpaired) electrons. The molecule has 2 unspecified atom stereocenters. The SMILES string of the molecule is CN1CCN(C2CCN(C(=O)C=Cc3ccccc3)CC2CCC(=O)O)CC1. The second kappa shape index (κ2) is 9.85. The fourth-order valence-corrected chi connectivity index (χ4v) is 4.28. The van der Waals surface area contributed by atoms with E-state index in [4.69, 9.17) is 5.11 Å². The van der Waals surface area contributed by atoms with Gasteiger partial charge < -0.3 is 14.9 Å². The fourth-order valence-electron chi connectivity index (χ4n) is 4.28. The summed E-state index contributed by atoms with van der Waals surface area (Å²) in [5.74, 6) is -0.534. The van der Waals surface area contributed by atoms with Crippen molar-refractivity contribution in [2.45, 2.75) is 25.3 Å². The zero-order valence-corrected chi connectivity index (χ0v) is 16.7.